The smallest absolute Gasteiger partial charge is 0.236 e. The number of carbonyl (C=O) groups is 1. The van der Waals surface area contributed by atoms with Crippen LogP contribution in [0.4, 0.5) is 0 Å². The fraction of sp³-hybridized carbons (Fsp3) is 0.929. The molecule has 0 spiro atoms. The van der Waals surface area contributed by atoms with Crippen molar-refractivity contribution in [2.45, 2.75) is 71.8 Å². The highest BCUT2D eigenvalue weighted by atomic mass is 16.2. The Hall–Kier alpha value is -0.570. The molecule has 0 heterocycles. The molecule has 0 aromatic heterocycles. The van der Waals surface area contributed by atoms with Crippen LogP contribution in [-0.2, 0) is 4.79 Å². The molecule has 3 heteroatoms. The van der Waals surface area contributed by atoms with Gasteiger partial charge in [0.1, 0.15) is 0 Å². The van der Waals surface area contributed by atoms with Gasteiger partial charge in [0, 0.05) is 6.54 Å². The number of hydrogen-bond donors (Lipinski definition) is 2. The van der Waals surface area contributed by atoms with Gasteiger partial charge in [0.15, 0.2) is 0 Å². The number of hydrogen-bond acceptors (Lipinski definition) is 2. The summed E-state index contributed by atoms with van der Waals surface area (Å²) in [7, 11) is 0. The molecule has 0 aromatic carbocycles. The van der Waals surface area contributed by atoms with Crippen molar-refractivity contribution in [3.63, 3.8) is 0 Å². The summed E-state index contributed by atoms with van der Waals surface area (Å²) < 4.78 is 0. The Labute approximate surface area is 107 Å². The van der Waals surface area contributed by atoms with Crippen molar-refractivity contribution in [2.24, 2.45) is 11.7 Å². The van der Waals surface area contributed by atoms with Gasteiger partial charge in [-0.3, -0.25) is 4.79 Å². The lowest BCUT2D eigenvalue weighted by atomic mass is 9.97. The molecule has 102 valence electrons. The molecule has 2 atom stereocenters. The second-order valence-electron chi connectivity index (χ2n) is 4.94. The van der Waals surface area contributed by atoms with E-state index in [1.165, 1.54) is 32.1 Å². The second-order valence-corrected chi connectivity index (χ2v) is 4.94. The summed E-state index contributed by atoms with van der Waals surface area (Å²) in [6.07, 6.45) is 7.81. The van der Waals surface area contributed by atoms with E-state index < -0.39 is 0 Å². The Morgan fingerprint density at radius 1 is 1.06 bits per heavy atom. The maximum Gasteiger partial charge on any atom is 0.236 e. The van der Waals surface area contributed by atoms with Gasteiger partial charge in [0.2, 0.25) is 5.91 Å². The number of carbonyl (C=O) groups excluding carboxylic acids is 1. The third-order valence-corrected chi connectivity index (χ3v) is 3.16. The number of rotatable bonds is 10. The lowest BCUT2D eigenvalue weighted by Gasteiger charge is -2.18. The topological polar surface area (TPSA) is 55.1 Å². The normalized spacial score (nSPS) is 14.4. The summed E-state index contributed by atoms with van der Waals surface area (Å²) in [5.74, 6) is 0.641. The zero-order chi connectivity index (χ0) is 13.1. The first-order valence-corrected chi connectivity index (χ1v) is 7.18. The maximum atomic E-state index is 11.7. The fourth-order valence-electron chi connectivity index (χ4n) is 2.07. The van der Waals surface area contributed by atoms with Crippen molar-refractivity contribution in [3.05, 3.63) is 0 Å². The monoisotopic (exact) mass is 242 g/mol. The van der Waals surface area contributed by atoms with Gasteiger partial charge in [0.25, 0.3) is 0 Å². The first-order chi connectivity index (χ1) is 8.15. The highest BCUT2D eigenvalue weighted by molar-refractivity contribution is 5.81. The largest absolute Gasteiger partial charge is 0.354 e. The molecule has 0 aliphatic rings. The quantitative estimate of drug-likeness (QED) is 0.619. The molecule has 0 radical (unpaired) electrons. The van der Waals surface area contributed by atoms with Crippen LogP contribution in [0.15, 0.2) is 0 Å². The number of nitrogens with one attached hydrogen (secondary N) is 1. The Morgan fingerprint density at radius 2 is 1.71 bits per heavy atom. The second kappa shape index (κ2) is 10.6. The van der Waals surface area contributed by atoms with Crippen molar-refractivity contribution in [1.29, 1.82) is 0 Å². The number of unbranched alkanes of at least 4 members (excludes halogenated alkanes) is 1. The summed E-state index contributed by atoms with van der Waals surface area (Å²) in [5.41, 5.74) is 5.78. The van der Waals surface area contributed by atoms with E-state index in [2.05, 4.69) is 19.2 Å². The molecule has 0 rings (SSSR count). The Morgan fingerprint density at radius 3 is 2.24 bits per heavy atom. The van der Waals surface area contributed by atoms with Crippen molar-refractivity contribution >= 4 is 5.91 Å². The molecular weight excluding hydrogens is 212 g/mol. The van der Waals surface area contributed by atoms with Gasteiger partial charge >= 0.3 is 0 Å². The molecule has 3 nitrogen and oxygen atoms in total. The van der Waals surface area contributed by atoms with Crippen LogP contribution in [0.2, 0.25) is 0 Å². The Balaban J connectivity index is 3.89. The van der Waals surface area contributed by atoms with E-state index in [4.69, 9.17) is 5.73 Å². The molecule has 0 fully saturated rings. The summed E-state index contributed by atoms with van der Waals surface area (Å²) >= 11 is 0. The molecule has 17 heavy (non-hydrogen) atoms. The molecule has 0 aromatic rings. The third-order valence-electron chi connectivity index (χ3n) is 3.16. The average molecular weight is 242 g/mol. The Bertz CT molecular complexity index is 195. The zero-order valence-corrected chi connectivity index (χ0v) is 11.8. The molecule has 0 aliphatic heterocycles. The molecular formula is C14H30N2O. The lowest BCUT2D eigenvalue weighted by molar-refractivity contribution is -0.122. The molecule has 0 bridgehead atoms. The van der Waals surface area contributed by atoms with Gasteiger partial charge in [-0.05, 0) is 25.2 Å². The van der Waals surface area contributed by atoms with Crippen LogP contribution in [0.1, 0.15) is 65.7 Å². The number of amides is 1. The maximum absolute atomic E-state index is 11.7. The lowest BCUT2D eigenvalue weighted by Crippen LogP contribution is -2.42. The minimum absolute atomic E-state index is 0.0180. The highest BCUT2D eigenvalue weighted by Crippen LogP contribution is 2.13. The van der Waals surface area contributed by atoms with Gasteiger partial charge in [-0.15, -0.1) is 0 Å². The summed E-state index contributed by atoms with van der Waals surface area (Å²) in [6, 6.07) is -0.326. The summed E-state index contributed by atoms with van der Waals surface area (Å²) in [4.78, 5) is 11.7. The predicted octanol–water partition coefficient (Wildman–Crippen LogP) is 2.84. The van der Waals surface area contributed by atoms with E-state index >= 15 is 0 Å². The molecule has 3 N–H and O–H groups in total. The van der Waals surface area contributed by atoms with E-state index in [1.807, 2.05) is 6.92 Å². The van der Waals surface area contributed by atoms with E-state index in [1.54, 1.807) is 0 Å². The zero-order valence-electron chi connectivity index (χ0n) is 11.8. The van der Waals surface area contributed by atoms with Gasteiger partial charge in [-0.1, -0.05) is 46.5 Å². The molecule has 0 saturated carbocycles. The summed E-state index contributed by atoms with van der Waals surface area (Å²) in [5, 5.41) is 3.00. The van der Waals surface area contributed by atoms with E-state index in [-0.39, 0.29) is 11.9 Å². The van der Waals surface area contributed by atoms with Crippen molar-refractivity contribution < 1.29 is 4.79 Å². The standard InChI is InChI=1S/C14H30N2O/c1-4-7-10-12(8-5-2)11-16-14(17)13(15)9-6-3/h12-13H,4-11,15H2,1-3H3,(H,16,17). The van der Waals surface area contributed by atoms with Crippen LogP contribution in [0.5, 0.6) is 0 Å². The fourth-order valence-corrected chi connectivity index (χ4v) is 2.07. The van der Waals surface area contributed by atoms with E-state index in [0.29, 0.717) is 5.92 Å². The minimum atomic E-state index is -0.326. The first kappa shape index (κ1) is 16.4. The van der Waals surface area contributed by atoms with Gasteiger partial charge < -0.3 is 11.1 Å². The molecule has 0 aliphatic carbocycles. The predicted molar refractivity (Wildman–Crippen MR) is 73.8 cm³/mol. The molecule has 1 amide bonds. The van der Waals surface area contributed by atoms with E-state index in [0.717, 1.165) is 19.4 Å². The Kier molecular flexibility index (Phi) is 10.2. The molecule has 0 saturated heterocycles. The van der Waals surface area contributed by atoms with Crippen molar-refractivity contribution in [3.8, 4) is 0 Å². The minimum Gasteiger partial charge on any atom is -0.354 e. The SMILES string of the molecule is CCCCC(CCC)CNC(=O)C(N)CCC. The van der Waals surface area contributed by atoms with E-state index in [9.17, 15) is 4.79 Å². The van der Waals surface area contributed by atoms with Gasteiger partial charge in [-0.25, -0.2) is 0 Å². The van der Waals surface area contributed by atoms with Crippen molar-refractivity contribution in [1.82, 2.24) is 5.32 Å². The average Bonchev–Trinajstić information content (AvgIpc) is 2.32. The third kappa shape index (κ3) is 8.19. The van der Waals surface area contributed by atoms with Crippen LogP contribution in [0, 0.1) is 5.92 Å². The van der Waals surface area contributed by atoms with Crippen LogP contribution < -0.4 is 11.1 Å². The summed E-state index contributed by atoms with van der Waals surface area (Å²) in [6.45, 7) is 7.25. The van der Waals surface area contributed by atoms with Gasteiger partial charge in [-0.2, -0.15) is 0 Å². The molecule has 2 unspecified atom stereocenters. The van der Waals surface area contributed by atoms with Gasteiger partial charge in [0.05, 0.1) is 6.04 Å². The van der Waals surface area contributed by atoms with Crippen LogP contribution in [0.25, 0.3) is 0 Å². The number of nitrogens with two attached hydrogens (primary N) is 1. The van der Waals surface area contributed by atoms with Crippen LogP contribution in [-0.4, -0.2) is 18.5 Å². The van der Waals surface area contributed by atoms with Crippen LogP contribution >= 0.6 is 0 Å². The van der Waals surface area contributed by atoms with Crippen LogP contribution in [0.3, 0.4) is 0 Å². The van der Waals surface area contributed by atoms with Crippen molar-refractivity contribution in [2.75, 3.05) is 6.54 Å². The first-order valence-electron chi connectivity index (χ1n) is 7.18. The highest BCUT2D eigenvalue weighted by Gasteiger charge is 2.14.